The number of hydrogen-bond acceptors (Lipinski definition) is 1. The highest BCUT2D eigenvalue weighted by Gasteiger charge is 2.03. The topological polar surface area (TPSA) is 12.0 Å². The predicted octanol–water partition coefficient (Wildman–Crippen LogP) is 3.27. The van der Waals surface area contributed by atoms with Gasteiger partial charge in [0.1, 0.15) is 0 Å². The summed E-state index contributed by atoms with van der Waals surface area (Å²) in [6, 6.07) is 6.88. The van der Waals surface area contributed by atoms with Gasteiger partial charge in [-0.2, -0.15) is 0 Å². The van der Waals surface area contributed by atoms with Crippen LogP contribution in [0.25, 0.3) is 0 Å². The lowest BCUT2D eigenvalue weighted by molar-refractivity contribution is 0.721. The lowest BCUT2D eigenvalue weighted by Gasteiger charge is -2.11. The molecular weight excluding hydrogens is 182 g/mol. The molecule has 0 aliphatic carbocycles. The lowest BCUT2D eigenvalue weighted by atomic mass is 9.95. The summed E-state index contributed by atoms with van der Waals surface area (Å²) >= 11 is 0. The smallest absolute Gasteiger partial charge is 0.00488 e. The highest BCUT2D eigenvalue weighted by Crippen LogP contribution is 2.19. The van der Waals surface area contributed by atoms with Gasteiger partial charge < -0.3 is 5.32 Å². The average molecular weight is 205 g/mol. The summed E-state index contributed by atoms with van der Waals surface area (Å²) in [5, 5.41) is 3.19. The van der Waals surface area contributed by atoms with Crippen molar-refractivity contribution in [1.29, 1.82) is 0 Å². The molecule has 84 valence electrons. The Bertz CT molecular complexity index is 302. The molecule has 1 aromatic carbocycles. The van der Waals surface area contributed by atoms with Crippen LogP contribution in [-0.4, -0.2) is 13.6 Å². The summed E-state index contributed by atoms with van der Waals surface area (Å²) in [5.41, 5.74) is 4.40. The van der Waals surface area contributed by atoms with Crippen LogP contribution in [0.15, 0.2) is 18.2 Å². The molecule has 1 rings (SSSR count). The minimum atomic E-state index is 0.633. The van der Waals surface area contributed by atoms with Crippen LogP contribution in [0, 0.1) is 6.92 Å². The van der Waals surface area contributed by atoms with Crippen LogP contribution < -0.4 is 5.32 Å². The van der Waals surface area contributed by atoms with Gasteiger partial charge in [0.15, 0.2) is 0 Å². The van der Waals surface area contributed by atoms with Crippen molar-refractivity contribution in [3.63, 3.8) is 0 Å². The van der Waals surface area contributed by atoms with Crippen molar-refractivity contribution < 1.29 is 0 Å². The standard InChI is InChI=1S/C14H23N/c1-11(2)13-8-7-12(3)14(10-13)6-5-9-15-4/h7-8,10-11,15H,5-6,9H2,1-4H3. The van der Waals surface area contributed by atoms with Gasteiger partial charge in [0.25, 0.3) is 0 Å². The van der Waals surface area contributed by atoms with Crippen LogP contribution in [0.2, 0.25) is 0 Å². The normalized spacial score (nSPS) is 11.0. The predicted molar refractivity (Wildman–Crippen MR) is 67.5 cm³/mol. The molecule has 0 bridgehead atoms. The molecule has 1 nitrogen and oxygen atoms in total. The van der Waals surface area contributed by atoms with Crippen molar-refractivity contribution in [2.45, 2.75) is 39.5 Å². The molecule has 1 N–H and O–H groups in total. The van der Waals surface area contributed by atoms with Crippen LogP contribution >= 0.6 is 0 Å². The first-order chi connectivity index (χ1) is 7.15. The third kappa shape index (κ3) is 3.67. The first-order valence-corrected chi connectivity index (χ1v) is 5.89. The second kappa shape index (κ2) is 5.92. The highest BCUT2D eigenvalue weighted by atomic mass is 14.8. The molecule has 1 aromatic rings. The molecule has 0 saturated carbocycles. The highest BCUT2D eigenvalue weighted by molar-refractivity contribution is 5.32. The van der Waals surface area contributed by atoms with E-state index in [0.717, 1.165) is 6.54 Å². The average Bonchev–Trinajstić information content (AvgIpc) is 2.20. The summed E-state index contributed by atoms with van der Waals surface area (Å²) < 4.78 is 0. The fourth-order valence-corrected chi connectivity index (χ4v) is 1.78. The molecule has 0 aromatic heterocycles. The molecule has 0 unspecified atom stereocenters. The van der Waals surface area contributed by atoms with Crippen LogP contribution in [0.3, 0.4) is 0 Å². The molecule has 15 heavy (non-hydrogen) atoms. The van der Waals surface area contributed by atoms with E-state index in [4.69, 9.17) is 0 Å². The SMILES string of the molecule is CNCCCc1cc(C(C)C)ccc1C. The number of aryl methyl sites for hydroxylation is 2. The van der Waals surface area contributed by atoms with Gasteiger partial charge in [-0.25, -0.2) is 0 Å². The van der Waals surface area contributed by atoms with Gasteiger partial charge in [-0.3, -0.25) is 0 Å². The van der Waals surface area contributed by atoms with E-state index >= 15 is 0 Å². The molecule has 0 heterocycles. The van der Waals surface area contributed by atoms with E-state index in [1.807, 2.05) is 7.05 Å². The van der Waals surface area contributed by atoms with E-state index in [1.54, 1.807) is 0 Å². The molecule has 0 atom stereocenters. The second-order valence-electron chi connectivity index (χ2n) is 4.55. The molecule has 0 amide bonds. The minimum Gasteiger partial charge on any atom is -0.320 e. The molecular formula is C14H23N. The number of nitrogens with one attached hydrogen (secondary N) is 1. The summed E-state index contributed by atoms with van der Waals surface area (Å²) in [5.74, 6) is 0.633. The Morgan fingerprint density at radius 3 is 2.60 bits per heavy atom. The van der Waals surface area contributed by atoms with Gasteiger partial charge in [-0.15, -0.1) is 0 Å². The quantitative estimate of drug-likeness (QED) is 0.727. The lowest BCUT2D eigenvalue weighted by Crippen LogP contribution is -2.08. The van der Waals surface area contributed by atoms with Crippen LogP contribution in [0.1, 0.15) is 42.9 Å². The Hall–Kier alpha value is -0.820. The molecule has 0 spiro atoms. The number of hydrogen-bond donors (Lipinski definition) is 1. The molecule has 0 aliphatic heterocycles. The van der Waals surface area contributed by atoms with E-state index in [0.29, 0.717) is 5.92 Å². The van der Waals surface area contributed by atoms with Crippen molar-refractivity contribution in [1.82, 2.24) is 5.32 Å². The maximum atomic E-state index is 3.19. The Kier molecular flexibility index (Phi) is 4.83. The van der Waals surface area contributed by atoms with E-state index in [-0.39, 0.29) is 0 Å². The summed E-state index contributed by atoms with van der Waals surface area (Å²) in [6.07, 6.45) is 2.41. The summed E-state index contributed by atoms with van der Waals surface area (Å²) in [6.45, 7) is 7.81. The van der Waals surface area contributed by atoms with Crippen molar-refractivity contribution >= 4 is 0 Å². The van der Waals surface area contributed by atoms with Gasteiger partial charge in [0.2, 0.25) is 0 Å². The first kappa shape index (κ1) is 12.3. The zero-order valence-corrected chi connectivity index (χ0v) is 10.4. The van der Waals surface area contributed by atoms with E-state index < -0.39 is 0 Å². The van der Waals surface area contributed by atoms with Gasteiger partial charge in [-0.05, 0) is 56.0 Å². The van der Waals surface area contributed by atoms with Crippen molar-refractivity contribution in [3.8, 4) is 0 Å². The van der Waals surface area contributed by atoms with E-state index in [9.17, 15) is 0 Å². The fraction of sp³-hybridized carbons (Fsp3) is 0.571. The monoisotopic (exact) mass is 205 g/mol. The second-order valence-corrected chi connectivity index (χ2v) is 4.55. The minimum absolute atomic E-state index is 0.633. The molecule has 1 heteroatoms. The molecule has 0 fully saturated rings. The van der Waals surface area contributed by atoms with E-state index in [1.165, 1.54) is 29.5 Å². The molecule has 0 aliphatic rings. The largest absolute Gasteiger partial charge is 0.320 e. The van der Waals surface area contributed by atoms with Gasteiger partial charge >= 0.3 is 0 Å². The fourth-order valence-electron chi connectivity index (χ4n) is 1.78. The Labute approximate surface area is 93.9 Å². The Morgan fingerprint density at radius 2 is 2.00 bits per heavy atom. The molecule has 0 radical (unpaired) electrons. The summed E-state index contributed by atoms with van der Waals surface area (Å²) in [4.78, 5) is 0. The third-order valence-electron chi connectivity index (χ3n) is 2.91. The Balaban J connectivity index is 2.72. The van der Waals surface area contributed by atoms with Crippen LogP contribution in [-0.2, 0) is 6.42 Å². The van der Waals surface area contributed by atoms with Crippen molar-refractivity contribution in [2.75, 3.05) is 13.6 Å². The maximum Gasteiger partial charge on any atom is -0.00488 e. The number of benzene rings is 1. The zero-order chi connectivity index (χ0) is 11.3. The summed E-state index contributed by atoms with van der Waals surface area (Å²) in [7, 11) is 2.01. The Morgan fingerprint density at radius 1 is 1.27 bits per heavy atom. The van der Waals surface area contributed by atoms with Gasteiger partial charge in [0.05, 0.1) is 0 Å². The van der Waals surface area contributed by atoms with Crippen molar-refractivity contribution in [3.05, 3.63) is 34.9 Å². The number of rotatable bonds is 5. The molecule has 0 saturated heterocycles. The third-order valence-corrected chi connectivity index (χ3v) is 2.91. The zero-order valence-electron chi connectivity index (χ0n) is 10.4. The maximum absolute atomic E-state index is 3.19. The van der Waals surface area contributed by atoms with E-state index in [2.05, 4.69) is 44.3 Å². The van der Waals surface area contributed by atoms with Crippen LogP contribution in [0.4, 0.5) is 0 Å². The first-order valence-electron chi connectivity index (χ1n) is 5.89. The van der Waals surface area contributed by atoms with Crippen molar-refractivity contribution in [2.24, 2.45) is 0 Å². The van der Waals surface area contributed by atoms with Crippen LogP contribution in [0.5, 0.6) is 0 Å². The van der Waals surface area contributed by atoms with Gasteiger partial charge in [0, 0.05) is 0 Å². The van der Waals surface area contributed by atoms with Gasteiger partial charge in [-0.1, -0.05) is 32.0 Å².